The summed E-state index contributed by atoms with van der Waals surface area (Å²) in [5, 5.41) is 10.2. The average molecular weight is 309 g/mol. The highest BCUT2D eigenvalue weighted by atomic mass is 19.4. The lowest BCUT2D eigenvalue weighted by Crippen LogP contribution is -2.17. The van der Waals surface area contributed by atoms with Crippen LogP contribution in [0.1, 0.15) is 17.5 Å². The van der Waals surface area contributed by atoms with E-state index in [0.717, 1.165) is 12.1 Å². The van der Waals surface area contributed by atoms with Gasteiger partial charge in [-0.3, -0.25) is 0 Å². The third-order valence-corrected chi connectivity index (χ3v) is 2.96. The number of nitrogens with one attached hydrogen (secondary N) is 1. The molecule has 0 saturated heterocycles. The first-order valence-electron chi connectivity index (χ1n) is 6.27. The largest absolute Gasteiger partial charge is 0.573 e. The molecular formula is C14H10F3N3O2. The molecule has 22 heavy (non-hydrogen) atoms. The fraction of sp³-hybridized carbons (Fsp3) is 0.143. The summed E-state index contributed by atoms with van der Waals surface area (Å²) in [5.74, 6) is -0.0899. The van der Waals surface area contributed by atoms with Crippen molar-refractivity contribution >= 4 is 11.2 Å². The Morgan fingerprint density at radius 1 is 1.14 bits per heavy atom. The molecule has 2 heterocycles. The highest BCUT2D eigenvalue weighted by Crippen LogP contribution is 2.26. The predicted molar refractivity (Wildman–Crippen MR) is 71.1 cm³/mol. The van der Waals surface area contributed by atoms with Gasteiger partial charge >= 0.3 is 6.36 Å². The summed E-state index contributed by atoms with van der Waals surface area (Å²) < 4.78 is 40.0. The number of aliphatic hydroxyl groups is 1. The van der Waals surface area contributed by atoms with Gasteiger partial charge in [-0.1, -0.05) is 12.1 Å². The van der Waals surface area contributed by atoms with Crippen LogP contribution in [0.25, 0.3) is 11.2 Å². The van der Waals surface area contributed by atoms with Crippen molar-refractivity contribution in [3.63, 3.8) is 0 Å². The summed E-state index contributed by atoms with van der Waals surface area (Å²) in [5.41, 5.74) is 1.50. The topological polar surface area (TPSA) is 71.0 Å². The Morgan fingerprint density at radius 2 is 1.86 bits per heavy atom. The van der Waals surface area contributed by atoms with E-state index >= 15 is 0 Å². The number of benzene rings is 1. The van der Waals surface area contributed by atoms with Gasteiger partial charge in [0, 0.05) is 6.20 Å². The molecule has 1 atom stereocenters. The van der Waals surface area contributed by atoms with Crippen molar-refractivity contribution in [2.45, 2.75) is 12.5 Å². The van der Waals surface area contributed by atoms with Gasteiger partial charge in [-0.15, -0.1) is 13.2 Å². The maximum atomic E-state index is 12.1. The number of hydrogen-bond donors (Lipinski definition) is 2. The van der Waals surface area contributed by atoms with Crippen LogP contribution in [-0.4, -0.2) is 26.4 Å². The molecule has 2 aromatic heterocycles. The van der Waals surface area contributed by atoms with Crippen LogP contribution in [0.5, 0.6) is 5.75 Å². The summed E-state index contributed by atoms with van der Waals surface area (Å²) in [6.45, 7) is 0. The molecule has 0 spiro atoms. The van der Waals surface area contributed by atoms with Crippen molar-refractivity contribution in [1.82, 2.24) is 15.0 Å². The molecule has 0 aliphatic heterocycles. The minimum absolute atomic E-state index is 0.262. The number of aliphatic hydroxyl groups excluding tert-OH is 1. The lowest BCUT2D eigenvalue weighted by molar-refractivity contribution is -0.274. The van der Waals surface area contributed by atoms with Crippen LogP contribution < -0.4 is 4.74 Å². The number of fused-ring (bicyclic) bond motifs is 1. The van der Waals surface area contributed by atoms with E-state index in [1.807, 2.05) is 0 Å². The lowest BCUT2D eigenvalue weighted by Gasteiger charge is -2.11. The molecule has 1 aromatic carbocycles. The molecule has 0 aliphatic rings. The number of aromatic nitrogens is 3. The number of ether oxygens (including phenoxy) is 1. The van der Waals surface area contributed by atoms with Gasteiger partial charge in [0.05, 0.1) is 0 Å². The second kappa shape index (κ2) is 5.30. The predicted octanol–water partition coefficient (Wildman–Crippen LogP) is 2.94. The number of aromatic amines is 1. The summed E-state index contributed by atoms with van der Waals surface area (Å²) >= 11 is 0. The monoisotopic (exact) mass is 309 g/mol. The van der Waals surface area contributed by atoms with Gasteiger partial charge in [0.2, 0.25) is 0 Å². The van der Waals surface area contributed by atoms with Gasteiger partial charge in [0.25, 0.3) is 0 Å². The molecule has 0 amide bonds. The average Bonchev–Trinajstić information content (AvgIpc) is 2.89. The maximum absolute atomic E-state index is 12.1. The van der Waals surface area contributed by atoms with E-state index in [9.17, 15) is 18.3 Å². The van der Waals surface area contributed by atoms with E-state index < -0.39 is 12.5 Å². The van der Waals surface area contributed by atoms with Crippen LogP contribution in [0.15, 0.2) is 42.6 Å². The zero-order valence-corrected chi connectivity index (χ0v) is 11.0. The van der Waals surface area contributed by atoms with E-state index in [4.69, 9.17) is 0 Å². The second-order valence-corrected chi connectivity index (χ2v) is 4.51. The second-order valence-electron chi connectivity index (χ2n) is 4.51. The van der Waals surface area contributed by atoms with Crippen LogP contribution in [0.4, 0.5) is 13.2 Å². The van der Waals surface area contributed by atoms with Gasteiger partial charge in [0.1, 0.15) is 23.2 Å². The molecule has 2 N–H and O–H groups in total. The van der Waals surface area contributed by atoms with Crippen molar-refractivity contribution in [3.8, 4) is 5.75 Å². The van der Waals surface area contributed by atoms with Crippen molar-refractivity contribution in [1.29, 1.82) is 0 Å². The van der Waals surface area contributed by atoms with Crippen molar-refractivity contribution in [2.75, 3.05) is 0 Å². The number of alkyl halides is 3. The van der Waals surface area contributed by atoms with E-state index in [0.29, 0.717) is 16.7 Å². The molecule has 0 saturated carbocycles. The zero-order chi connectivity index (χ0) is 15.7. The first-order chi connectivity index (χ1) is 10.4. The normalized spacial score (nSPS) is 13.3. The van der Waals surface area contributed by atoms with Crippen LogP contribution in [0, 0.1) is 0 Å². The number of halogens is 3. The van der Waals surface area contributed by atoms with Crippen LogP contribution >= 0.6 is 0 Å². The third kappa shape index (κ3) is 3.01. The van der Waals surface area contributed by atoms with Gasteiger partial charge in [-0.05, 0) is 29.8 Å². The highest BCUT2D eigenvalue weighted by Gasteiger charge is 2.31. The number of hydrogen-bond acceptors (Lipinski definition) is 4. The first kappa shape index (κ1) is 14.3. The number of pyridine rings is 1. The smallest absolute Gasteiger partial charge is 0.406 e. The van der Waals surface area contributed by atoms with E-state index in [-0.39, 0.29) is 11.6 Å². The van der Waals surface area contributed by atoms with Crippen molar-refractivity contribution in [3.05, 3.63) is 54.0 Å². The quantitative estimate of drug-likeness (QED) is 0.780. The van der Waals surface area contributed by atoms with Crippen LogP contribution in [0.2, 0.25) is 0 Å². The Hall–Kier alpha value is -2.61. The molecule has 3 rings (SSSR count). The molecule has 1 unspecified atom stereocenters. The Morgan fingerprint density at radius 3 is 2.50 bits per heavy atom. The Labute approximate surface area is 122 Å². The fourth-order valence-electron chi connectivity index (χ4n) is 2.00. The number of imidazole rings is 1. The van der Waals surface area contributed by atoms with Crippen molar-refractivity contribution < 1.29 is 23.0 Å². The van der Waals surface area contributed by atoms with E-state index in [1.54, 1.807) is 18.3 Å². The summed E-state index contributed by atoms with van der Waals surface area (Å²) in [6, 6.07) is 8.39. The first-order valence-corrected chi connectivity index (χ1v) is 6.27. The number of rotatable bonds is 3. The maximum Gasteiger partial charge on any atom is 0.573 e. The molecule has 5 nitrogen and oxygen atoms in total. The van der Waals surface area contributed by atoms with E-state index in [1.165, 1.54) is 12.1 Å². The standard InChI is InChI=1S/C14H10F3N3O2/c15-14(16,17)22-9-5-3-8(4-6-9)11(21)13-19-10-2-1-7-18-12(10)20-13/h1-7,11,21H,(H,18,19,20). The molecule has 0 radical (unpaired) electrons. The Bertz CT molecular complexity index is 751. The molecule has 0 fully saturated rings. The fourth-order valence-corrected chi connectivity index (χ4v) is 2.00. The summed E-state index contributed by atoms with van der Waals surface area (Å²) in [6.07, 6.45) is -4.26. The molecule has 8 heteroatoms. The van der Waals surface area contributed by atoms with Gasteiger partial charge in [-0.2, -0.15) is 0 Å². The number of nitrogens with zero attached hydrogens (tertiary/aromatic N) is 2. The van der Waals surface area contributed by atoms with Gasteiger partial charge in [0.15, 0.2) is 5.65 Å². The van der Waals surface area contributed by atoms with Crippen LogP contribution in [-0.2, 0) is 0 Å². The molecule has 0 bridgehead atoms. The van der Waals surface area contributed by atoms with Gasteiger partial charge in [-0.25, -0.2) is 9.97 Å². The molecular weight excluding hydrogens is 299 g/mol. The highest BCUT2D eigenvalue weighted by molar-refractivity contribution is 5.70. The zero-order valence-electron chi connectivity index (χ0n) is 11.0. The Kier molecular flexibility index (Phi) is 3.45. The Balaban J connectivity index is 1.83. The van der Waals surface area contributed by atoms with Crippen LogP contribution in [0.3, 0.4) is 0 Å². The lowest BCUT2D eigenvalue weighted by atomic mass is 10.1. The molecule has 0 aliphatic carbocycles. The van der Waals surface area contributed by atoms with Crippen molar-refractivity contribution in [2.24, 2.45) is 0 Å². The number of H-pyrrole nitrogens is 1. The summed E-state index contributed by atoms with van der Waals surface area (Å²) in [7, 11) is 0. The van der Waals surface area contributed by atoms with E-state index in [2.05, 4.69) is 19.7 Å². The third-order valence-electron chi connectivity index (χ3n) is 2.96. The summed E-state index contributed by atoms with van der Waals surface area (Å²) in [4.78, 5) is 11.1. The minimum atomic E-state index is -4.75. The molecule has 3 aromatic rings. The SMILES string of the molecule is OC(c1ccc(OC(F)(F)F)cc1)c1nc2cccnc2[nH]1. The molecule has 114 valence electrons. The minimum Gasteiger partial charge on any atom is -0.406 e. The van der Waals surface area contributed by atoms with Gasteiger partial charge < -0.3 is 14.8 Å².